The molecule has 0 saturated carbocycles. The van der Waals surface area contributed by atoms with Gasteiger partial charge in [0.25, 0.3) is 0 Å². The molecule has 1 aromatic heterocycles. The van der Waals surface area contributed by atoms with Crippen LogP contribution in [0.1, 0.15) is 23.9 Å². The van der Waals surface area contributed by atoms with Crippen LogP contribution in [0.5, 0.6) is 0 Å². The molecule has 1 rings (SSSR count). The van der Waals surface area contributed by atoms with Crippen LogP contribution in [0.15, 0.2) is 6.07 Å². The summed E-state index contributed by atoms with van der Waals surface area (Å²) in [5.41, 5.74) is 2.97. The molecular weight excluding hydrogens is 202 g/mol. The number of hydrogen-bond donors (Lipinski definition) is 1. The Balaban J connectivity index is 2.85. The summed E-state index contributed by atoms with van der Waals surface area (Å²) in [4.78, 5) is 2.16. The Morgan fingerprint density at radius 3 is 2.69 bits per heavy atom. The summed E-state index contributed by atoms with van der Waals surface area (Å²) < 4.78 is 1.90. The molecule has 0 spiro atoms. The first-order chi connectivity index (χ1) is 7.63. The zero-order chi connectivity index (χ0) is 12.1. The van der Waals surface area contributed by atoms with Crippen molar-refractivity contribution in [2.45, 2.75) is 20.4 Å². The predicted molar refractivity (Wildman–Crippen MR) is 62.9 cm³/mol. The number of aromatic nitrogens is 1. The largest absolute Gasteiger partial charge is 0.395 e. The van der Waals surface area contributed by atoms with Crippen molar-refractivity contribution in [2.24, 2.45) is 7.05 Å². The fourth-order valence-corrected chi connectivity index (χ4v) is 1.76. The Bertz CT molecular complexity index is 390. The molecule has 0 aliphatic carbocycles. The number of rotatable bonds is 5. The van der Waals surface area contributed by atoms with Gasteiger partial charge in [0.15, 0.2) is 0 Å². The van der Waals surface area contributed by atoms with E-state index in [1.807, 2.05) is 24.6 Å². The zero-order valence-electron chi connectivity index (χ0n) is 10.2. The van der Waals surface area contributed by atoms with Gasteiger partial charge in [-0.05, 0) is 25.1 Å². The minimum Gasteiger partial charge on any atom is -0.395 e. The van der Waals surface area contributed by atoms with Crippen molar-refractivity contribution in [1.82, 2.24) is 9.47 Å². The van der Waals surface area contributed by atoms with Crippen LogP contribution in [-0.2, 0) is 13.6 Å². The Labute approximate surface area is 96.7 Å². The molecule has 4 nitrogen and oxygen atoms in total. The van der Waals surface area contributed by atoms with Crippen molar-refractivity contribution in [3.05, 3.63) is 23.0 Å². The molecule has 0 radical (unpaired) electrons. The van der Waals surface area contributed by atoms with E-state index in [-0.39, 0.29) is 6.61 Å². The van der Waals surface area contributed by atoms with Gasteiger partial charge in [-0.2, -0.15) is 5.26 Å². The summed E-state index contributed by atoms with van der Waals surface area (Å²) in [7, 11) is 1.90. The monoisotopic (exact) mass is 221 g/mol. The first kappa shape index (κ1) is 12.8. The molecule has 1 heterocycles. The Morgan fingerprint density at radius 1 is 1.56 bits per heavy atom. The smallest absolute Gasteiger partial charge is 0.120 e. The molecule has 0 amide bonds. The first-order valence-electron chi connectivity index (χ1n) is 5.52. The fourth-order valence-electron chi connectivity index (χ4n) is 1.76. The minimum atomic E-state index is 0.171. The lowest BCUT2D eigenvalue weighted by atomic mass is 10.2. The highest BCUT2D eigenvalue weighted by molar-refractivity contribution is 5.34. The Morgan fingerprint density at radius 2 is 2.25 bits per heavy atom. The lowest BCUT2D eigenvalue weighted by Gasteiger charge is -2.18. The molecule has 16 heavy (non-hydrogen) atoms. The van der Waals surface area contributed by atoms with E-state index in [0.717, 1.165) is 24.3 Å². The molecule has 0 saturated heterocycles. The van der Waals surface area contributed by atoms with Crippen LogP contribution >= 0.6 is 0 Å². The van der Waals surface area contributed by atoms with Crippen molar-refractivity contribution in [1.29, 1.82) is 5.26 Å². The maximum atomic E-state index is 8.93. The van der Waals surface area contributed by atoms with Crippen LogP contribution in [0.2, 0.25) is 0 Å². The summed E-state index contributed by atoms with van der Waals surface area (Å²) in [6.45, 7) is 6.62. The molecule has 1 N–H and O–H groups in total. The average Bonchev–Trinajstić information content (AvgIpc) is 2.56. The number of aliphatic hydroxyl groups excluding tert-OH is 1. The van der Waals surface area contributed by atoms with Gasteiger partial charge in [-0.3, -0.25) is 4.90 Å². The van der Waals surface area contributed by atoms with Crippen molar-refractivity contribution >= 4 is 0 Å². The fraction of sp³-hybridized carbons (Fsp3) is 0.583. The molecule has 0 unspecified atom stereocenters. The first-order valence-corrected chi connectivity index (χ1v) is 5.52. The minimum absolute atomic E-state index is 0.171. The number of hydrogen-bond acceptors (Lipinski definition) is 3. The summed E-state index contributed by atoms with van der Waals surface area (Å²) in [5, 5.41) is 17.8. The maximum absolute atomic E-state index is 8.93. The third-order valence-electron chi connectivity index (χ3n) is 3.01. The number of nitrogens with zero attached hydrogens (tertiary/aromatic N) is 3. The van der Waals surface area contributed by atoms with E-state index in [1.54, 1.807) is 0 Å². The molecule has 0 aromatic carbocycles. The predicted octanol–water partition coefficient (Wildman–Crippen LogP) is 1.02. The van der Waals surface area contributed by atoms with Gasteiger partial charge in [0.2, 0.25) is 0 Å². The molecule has 0 atom stereocenters. The summed E-state index contributed by atoms with van der Waals surface area (Å²) in [6, 6.07) is 4.10. The van der Waals surface area contributed by atoms with E-state index >= 15 is 0 Å². The molecule has 4 heteroatoms. The second-order valence-corrected chi connectivity index (χ2v) is 3.90. The van der Waals surface area contributed by atoms with Crippen molar-refractivity contribution in [3.63, 3.8) is 0 Å². The van der Waals surface area contributed by atoms with E-state index < -0.39 is 0 Å². The van der Waals surface area contributed by atoms with Crippen molar-refractivity contribution < 1.29 is 5.11 Å². The third kappa shape index (κ3) is 2.63. The molecular formula is C12H19N3O. The number of nitriles is 1. The lowest BCUT2D eigenvalue weighted by Crippen LogP contribution is -2.26. The Hall–Kier alpha value is -1.31. The topological polar surface area (TPSA) is 52.2 Å². The van der Waals surface area contributed by atoms with Crippen LogP contribution in [0.3, 0.4) is 0 Å². The highest BCUT2D eigenvalue weighted by Gasteiger charge is 2.11. The van der Waals surface area contributed by atoms with E-state index in [9.17, 15) is 0 Å². The third-order valence-corrected chi connectivity index (χ3v) is 3.01. The maximum Gasteiger partial charge on any atom is 0.120 e. The van der Waals surface area contributed by atoms with Gasteiger partial charge in [0.1, 0.15) is 11.8 Å². The van der Waals surface area contributed by atoms with Crippen LogP contribution < -0.4 is 0 Å². The highest BCUT2D eigenvalue weighted by Crippen LogP contribution is 2.15. The summed E-state index contributed by atoms with van der Waals surface area (Å²) in [6.07, 6.45) is 0. The zero-order valence-corrected chi connectivity index (χ0v) is 10.2. The Kier molecular flexibility index (Phi) is 4.53. The number of aliphatic hydroxyl groups is 1. The van der Waals surface area contributed by atoms with Crippen LogP contribution in [0.25, 0.3) is 0 Å². The van der Waals surface area contributed by atoms with Crippen molar-refractivity contribution in [3.8, 4) is 6.07 Å². The van der Waals surface area contributed by atoms with Gasteiger partial charge in [0.05, 0.1) is 6.61 Å². The highest BCUT2D eigenvalue weighted by atomic mass is 16.3. The molecule has 0 bridgehead atoms. The number of likely N-dealkylation sites (N-methyl/N-ethyl adjacent to an activating group) is 1. The molecule has 0 fully saturated rings. The van der Waals surface area contributed by atoms with E-state index in [4.69, 9.17) is 10.4 Å². The van der Waals surface area contributed by atoms with Crippen LogP contribution in [-0.4, -0.2) is 34.3 Å². The van der Waals surface area contributed by atoms with Crippen LogP contribution in [0.4, 0.5) is 0 Å². The van der Waals surface area contributed by atoms with Gasteiger partial charge >= 0.3 is 0 Å². The lowest BCUT2D eigenvalue weighted by molar-refractivity contribution is 0.196. The summed E-state index contributed by atoms with van der Waals surface area (Å²) >= 11 is 0. The van der Waals surface area contributed by atoms with Gasteiger partial charge < -0.3 is 9.67 Å². The SMILES string of the molecule is CCN(CCO)Cc1cc(C#N)n(C)c1C. The van der Waals surface area contributed by atoms with Gasteiger partial charge in [-0.1, -0.05) is 6.92 Å². The van der Waals surface area contributed by atoms with E-state index in [0.29, 0.717) is 12.2 Å². The molecule has 88 valence electrons. The standard InChI is InChI=1S/C12H19N3O/c1-4-15(5-6-16)9-11-7-12(8-13)14(3)10(11)2/h7,16H,4-6,9H2,1-3H3. The van der Waals surface area contributed by atoms with Gasteiger partial charge in [-0.25, -0.2) is 0 Å². The van der Waals surface area contributed by atoms with Gasteiger partial charge in [0, 0.05) is 25.8 Å². The van der Waals surface area contributed by atoms with E-state index in [2.05, 4.69) is 17.9 Å². The van der Waals surface area contributed by atoms with Crippen molar-refractivity contribution in [2.75, 3.05) is 19.7 Å². The molecule has 0 aliphatic rings. The van der Waals surface area contributed by atoms with Gasteiger partial charge in [-0.15, -0.1) is 0 Å². The average molecular weight is 221 g/mol. The second-order valence-electron chi connectivity index (χ2n) is 3.90. The summed E-state index contributed by atoms with van der Waals surface area (Å²) in [5.74, 6) is 0. The van der Waals surface area contributed by atoms with E-state index in [1.165, 1.54) is 0 Å². The second kappa shape index (κ2) is 5.69. The van der Waals surface area contributed by atoms with Crippen LogP contribution in [0, 0.1) is 18.3 Å². The molecule has 0 aliphatic heterocycles. The quantitative estimate of drug-likeness (QED) is 0.807. The normalized spacial score (nSPS) is 10.8. The molecule has 1 aromatic rings.